The first-order valence-corrected chi connectivity index (χ1v) is 7.41. The first kappa shape index (κ1) is 13.6. The van der Waals surface area contributed by atoms with Gasteiger partial charge in [-0.3, -0.25) is 9.69 Å². The maximum Gasteiger partial charge on any atom is 0.324 e. The van der Waals surface area contributed by atoms with Crippen LogP contribution < -0.4 is 5.32 Å². The summed E-state index contributed by atoms with van der Waals surface area (Å²) in [6, 6.07) is 9.35. The van der Waals surface area contributed by atoms with Crippen LogP contribution in [0.1, 0.15) is 0 Å². The molecule has 3 rings (SSSR count). The van der Waals surface area contributed by atoms with Gasteiger partial charge in [0, 0.05) is 12.3 Å². The Kier molecular flexibility index (Phi) is 3.87. The van der Waals surface area contributed by atoms with Gasteiger partial charge in [-0.25, -0.2) is 14.5 Å². The SMILES string of the molecule is O=C1CNC(=O)N1CCSc1ncn(-c2ccccc2)n1. The van der Waals surface area contributed by atoms with Crippen LogP contribution in [-0.4, -0.2) is 50.4 Å². The fraction of sp³-hybridized carbons (Fsp3) is 0.231. The Morgan fingerprint density at radius 3 is 2.76 bits per heavy atom. The first-order chi connectivity index (χ1) is 10.2. The maximum absolute atomic E-state index is 11.4. The van der Waals surface area contributed by atoms with Crippen molar-refractivity contribution in [1.82, 2.24) is 25.0 Å². The number of hydrogen-bond acceptors (Lipinski definition) is 5. The molecule has 2 aromatic rings. The summed E-state index contributed by atoms with van der Waals surface area (Å²) in [6.45, 7) is 0.444. The first-order valence-electron chi connectivity index (χ1n) is 6.42. The number of nitrogens with zero attached hydrogens (tertiary/aromatic N) is 4. The van der Waals surface area contributed by atoms with Crippen LogP contribution in [0.25, 0.3) is 5.69 Å². The third-order valence-corrected chi connectivity index (χ3v) is 3.81. The molecule has 108 valence electrons. The van der Waals surface area contributed by atoms with Crippen molar-refractivity contribution in [3.05, 3.63) is 36.7 Å². The maximum atomic E-state index is 11.4. The minimum Gasteiger partial charge on any atom is -0.329 e. The molecular weight excluding hydrogens is 290 g/mol. The number of carbonyl (C=O) groups excluding carboxylic acids is 2. The van der Waals surface area contributed by atoms with Crippen LogP contribution >= 0.6 is 11.8 Å². The van der Waals surface area contributed by atoms with Crippen LogP contribution in [0.2, 0.25) is 0 Å². The standard InChI is InChI=1S/C13H13N5O2S/c19-11-8-14-13(20)17(11)6-7-21-12-15-9-18(16-12)10-4-2-1-3-5-10/h1-5,9H,6-8H2,(H,14,20). The van der Waals surface area contributed by atoms with Crippen LogP contribution in [0.15, 0.2) is 41.8 Å². The average Bonchev–Trinajstić information content (AvgIpc) is 3.10. The van der Waals surface area contributed by atoms with Gasteiger partial charge in [-0.05, 0) is 12.1 Å². The largest absolute Gasteiger partial charge is 0.329 e. The fourth-order valence-corrected chi connectivity index (χ4v) is 2.65. The number of para-hydroxylation sites is 1. The van der Waals surface area contributed by atoms with E-state index in [1.807, 2.05) is 30.3 Å². The number of thioether (sulfide) groups is 1. The smallest absolute Gasteiger partial charge is 0.324 e. The van der Waals surface area contributed by atoms with Gasteiger partial charge in [0.25, 0.3) is 0 Å². The topological polar surface area (TPSA) is 80.1 Å². The molecule has 1 N–H and O–H groups in total. The lowest BCUT2D eigenvalue weighted by Gasteiger charge is -2.10. The molecule has 3 amide bonds. The van der Waals surface area contributed by atoms with E-state index >= 15 is 0 Å². The van der Waals surface area contributed by atoms with Gasteiger partial charge < -0.3 is 5.32 Å². The Hall–Kier alpha value is -2.35. The molecule has 8 heteroatoms. The summed E-state index contributed by atoms with van der Waals surface area (Å²) in [5.74, 6) is 0.376. The van der Waals surface area contributed by atoms with Gasteiger partial charge in [0.05, 0.1) is 12.2 Å². The lowest BCUT2D eigenvalue weighted by Crippen LogP contribution is -2.32. The van der Waals surface area contributed by atoms with Crippen molar-refractivity contribution in [3.8, 4) is 5.69 Å². The quantitative estimate of drug-likeness (QED) is 0.656. The minimum absolute atomic E-state index is 0.0877. The zero-order chi connectivity index (χ0) is 14.7. The van der Waals surface area contributed by atoms with E-state index in [1.165, 1.54) is 16.7 Å². The van der Waals surface area contributed by atoms with Crippen LogP contribution in [-0.2, 0) is 4.79 Å². The molecule has 2 heterocycles. The van der Waals surface area contributed by atoms with Crippen LogP contribution in [0, 0.1) is 0 Å². The summed E-state index contributed by atoms with van der Waals surface area (Å²) < 4.78 is 1.69. The number of nitrogens with one attached hydrogen (secondary N) is 1. The highest BCUT2D eigenvalue weighted by Gasteiger charge is 2.27. The van der Waals surface area contributed by atoms with Gasteiger partial charge in [0.2, 0.25) is 11.1 Å². The molecule has 1 aliphatic rings. The minimum atomic E-state index is -0.330. The van der Waals surface area contributed by atoms with Gasteiger partial charge in [-0.15, -0.1) is 5.10 Å². The van der Waals surface area contributed by atoms with Crippen molar-refractivity contribution in [2.24, 2.45) is 0 Å². The highest BCUT2D eigenvalue weighted by Crippen LogP contribution is 2.14. The monoisotopic (exact) mass is 303 g/mol. The second-order valence-electron chi connectivity index (χ2n) is 4.36. The predicted octanol–water partition coefficient (Wildman–Crippen LogP) is 0.911. The zero-order valence-corrected chi connectivity index (χ0v) is 11.9. The summed E-state index contributed by atoms with van der Waals surface area (Å²) in [4.78, 5) is 28.2. The van der Waals surface area contributed by atoms with Gasteiger partial charge in [-0.1, -0.05) is 30.0 Å². The van der Waals surface area contributed by atoms with Crippen molar-refractivity contribution >= 4 is 23.7 Å². The molecule has 1 aromatic carbocycles. The van der Waals surface area contributed by atoms with Crippen molar-refractivity contribution in [2.45, 2.75) is 5.16 Å². The zero-order valence-electron chi connectivity index (χ0n) is 11.1. The third-order valence-electron chi connectivity index (χ3n) is 2.97. The summed E-state index contributed by atoms with van der Waals surface area (Å²) in [5, 5.41) is 7.45. The highest BCUT2D eigenvalue weighted by atomic mass is 32.2. The number of amides is 3. The molecule has 0 atom stereocenters. The lowest BCUT2D eigenvalue weighted by atomic mass is 10.3. The van der Waals surface area contributed by atoms with E-state index in [4.69, 9.17) is 0 Å². The molecule has 0 bridgehead atoms. The number of urea groups is 1. The number of hydrogen-bond donors (Lipinski definition) is 1. The molecular formula is C13H13N5O2S. The van der Waals surface area contributed by atoms with E-state index < -0.39 is 0 Å². The van der Waals surface area contributed by atoms with Gasteiger partial charge in [0.1, 0.15) is 6.33 Å². The Balaban J connectivity index is 1.56. The van der Waals surface area contributed by atoms with E-state index in [9.17, 15) is 9.59 Å². The van der Waals surface area contributed by atoms with Gasteiger partial charge in [0.15, 0.2) is 0 Å². The summed E-state index contributed by atoms with van der Waals surface area (Å²) >= 11 is 1.41. The molecule has 1 fully saturated rings. The second-order valence-corrected chi connectivity index (χ2v) is 5.42. The molecule has 1 aliphatic heterocycles. The summed E-state index contributed by atoms with van der Waals surface area (Å²) in [5.41, 5.74) is 0.936. The van der Waals surface area contributed by atoms with E-state index in [-0.39, 0.29) is 18.5 Å². The highest BCUT2D eigenvalue weighted by molar-refractivity contribution is 7.99. The van der Waals surface area contributed by atoms with Crippen molar-refractivity contribution < 1.29 is 9.59 Å². The molecule has 21 heavy (non-hydrogen) atoms. The Morgan fingerprint density at radius 1 is 1.24 bits per heavy atom. The normalized spacial score (nSPS) is 14.6. The molecule has 0 spiro atoms. The molecule has 7 nitrogen and oxygen atoms in total. The summed E-state index contributed by atoms with van der Waals surface area (Å²) in [7, 11) is 0. The van der Waals surface area contributed by atoms with Crippen molar-refractivity contribution in [3.63, 3.8) is 0 Å². The van der Waals surface area contributed by atoms with Crippen LogP contribution in [0.4, 0.5) is 4.79 Å². The molecule has 1 aromatic heterocycles. The van der Waals surface area contributed by atoms with E-state index in [0.717, 1.165) is 5.69 Å². The number of rotatable bonds is 5. The number of carbonyl (C=O) groups is 2. The second kappa shape index (κ2) is 5.96. The van der Waals surface area contributed by atoms with Gasteiger partial charge in [-0.2, -0.15) is 0 Å². The Labute approximate surface area is 125 Å². The number of benzene rings is 1. The molecule has 0 unspecified atom stereocenters. The average molecular weight is 303 g/mol. The Bertz CT molecular complexity index is 642. The number of imide groups is 1. The van der Waals surface area contributed by atoms with E-state index in [1.54, 1.807) is 11.0 Å². The lowest BCUT2D eigenvalue weighted by molar-refractivity contribution is -0.124. The molecule has 0 radical (unpaired) electrons. The van der Waals surface area contributed by atoms with Crippen molar-refractivity contribution in [1.29, 1.82) is 0 Å². The molecule has 0 aliphatic carbocycles. The molecule has 1 saturated heterocycles. The predicted molar refractivity (Wildman–Crippen MR) is 77.2 cm³/mol. The van der Waals surface area contributed by atoms with Crippen molar-refractivity contribution in [2.75, 3.05) is 18.8 Å². The molecule has 0 saturated carbocycles. The Morgan fingerprint density at radius 2 is 2.05 bits per heavy atom. The number of aromatic nitrogens is 3. The van der Waals surface area contributed by atoms with Gasteiger partial charge >= 0.3 is 6.03 Å². The van der Waals surface area contributed by atoms with E-state index in [2.05, 4.69) is 15.4 Å². The van der Waals surface area contributed by atoms with E-state index in [0.29, 0.717) is 17.5 Å². The van der Waals surface area contributed by atoms with Crippen LogP contribution in [0.3, 0.4) is 0 Å². The summed E-state index contributed by atoms with van der Waals surface area (Å²) in [6.07, 6.45) is 1.64. The third kappa shape index (κ3) is 3.05. The van der Waals surface area contributed by atoms with Crippen LogP contribution in [0.5, 0.6) is 0 Å². The fourth-order valence-electron chi connectivity index (χ4n) is 1.93.